The van der Waals surface area contributed by atoms with Crippen molar-refractivity contribution in [2.45, 2.75) is 0 Å². The molecule has 0 aliphatic carbocycles. The van der Waals surface area contributed by atoms with Crippen molar-refractivity contribution >= 4 is 18.6 Å². The van der Waals surface area contributed by atoms with Crippen LogP contribution in [0.2, 0.25) is 0 Å². The van der Waals surface area contributed by atoms with Crippen LogP contribution in [-0.2, 0) is 4.79 Å². The molecular formula is C3H3OS. The number of hydrogen-bond donors (Lipinski definition) is 0. The maximum absolute atomic E-state index is 9.16. The zero-order chi connectivity index (χ0) is 4.12. The van der Waals surface area contributed by atoms with Crippen LogP contribution in [0.4, 0.5) is 0 Å². The first-order valence-electron chi connectivity index (χ1n) is 1.19. The molecule has 0 amide bonds. The van der Waals surface area contributed by atoms with Gasteiger partial charge in [-0.2, -0.15) is 0 Å². The minimum Gasteiger partial charge on any atom is -0.234 e. The van der Waals surface area contributed by atoms with Crippen molar-refractivity contribution < 1.29 is 4.79 Å². The first kappa shape index (κ1) is 4.80. The van der Waals surface area contributed by atoms with Crippen molar-refractivity contribution in [1.82, 2.24) is 0 Å². The van der Waals surface area contributed by atoms with Crippen molar-refractivity contribution in [2.75, 3.05) is 5.75 Å². The van der Waals surface area contributed by atoms with Crippen LogP contribution in [0.25, 0.3) is 0 Å². The summed E-state index contributed by atoms with van der Waals surface area (Å²) in [6.07, 6.45) is 1.26. The molecule has 0 saturated carbocycles. The van der Waals surface area contributed by atoms with Crippen molar-refractivity contribution in [1.29, 1.82) is 0 Å². The third kappa shape index (κ3) is 3.80. The highest BCUT2D eigenvalue weighted by Crippen LogP contribution is 1.65. The molecule has 27 valence electrons. The minimum atomic E-state index is 0.378. The fourth-order valence-electron chi connectivity index (χ4n) is 0.0340. The molecule has 0 aliphatic rings. The predicted octanol–water partition coefficient (Wildman–Crippen LogP) is 0.572. The van der Waals surface area contributed by atoms with Gasteiger partial charge in [0.15, 0.2) is 0 Å². The summed E-state index contributed by atoms with van der Waals surface area (Å²) in [5.41, 5.74) is 0. The molecule has 1 nitrogen and oxygen atoms in total. The van der Waals surface area contributed by atoms with Gasteiger partial charge in [0, 0.05) is 11.8 Å². The summed E-state index contributed by atoms with van der Waals surface area (Å²) < 4.78 is 0. The quantitative estimate of drug-likeness (QED) is 0.427. The van der Waals surface area contributed by atoms with E-state index in [2.05, 4.69) is 12.6 Å². The first-order valence-corrected chi connectivity index (χ1v) is 1.77. The Balaban J connectivity index is 2.93. The predicted molar refractivity (Wildman–Crippen MR) is 22.7 cm³/mol. The second kappa shape index (κ2) is 3.80. The average molecular weight is 87.1 g/mol. The summed E-state index contributed by atoms with van der Waals surface area (Å²) in [7, 11) is 0. The van der Waals surface area contributed by atoms with E-state index in [-0.39, 0.29) is 0 Å². The van der Waals surface area contributed by atoms with Gasteiger partial charge in [-0.25, -0.2) is 4.79 Å². The molecule has 0 bridgehead atoms. The number of hydrogen-bond acceptors (Lipinski definition) is 1. The van der Waals surface area contributed by atoms with Gasteiger partial charge < -0.3 is 0 Å². The van der Waals surface area contributed by atoms with E-state index in [0.29, 0.717) is 5.75 Å². The lowest BCUT2D eigenvalue weighted by Gasteiger charge is -1.53. The van der Waals surface area contributed by atoms with E-state index in [4.69, 9.17) is 4.79 Å². The van der Waals surface area contributed by atoms with Crippen LogP contribution in [0, 0.1) is 0 Å². The molecule has 0 aliphatic heterocycles. The Kier molecular flexibility index (Phi) is 3.65. The Bertz CT molecular complexity index is 53.9. The molecule has 1 radical (unpaired) electrons. The van der Waals surface area contributed by atoms with Gasteiger partial charge in [-0.3, -0.25) is 0 Å². The molecule has 0 atom stereocenters. The normalized spacial score (nSPS) is 5.80. The monoisotopic (exact) mass is 87.0 g/mol. The van der Waals surface area contributed by atoms with Gasteiger partial charge in [0.05, 0.1) is 0 Å². The molecule has 0 unspecified atom stereocenters. The van der Waals surface area contributed by atoms with Crippen LogP contribution in [-0.4, -0.2) is 11.7 Å². The van der Waals surface area contributed by atoms with Crippen molar-refractivity contribution in [3.05, 3.63) is 6.08 Å². The second-order valence-electron chi connectivity index (χ2n) is 0.489. The van der Waals surface area contributed by atoms with Crippen molar-refractivity contribution in [2.24, 2.45) is 0 Å². The SMILES string of the molecule is O=C=CC[S]. The lowest BCUT2D eigenvalue weighted by Crippen LogP contribution is -1.54. The molecule has 0 rings (SSSR count). The molecule has 0 aromatic carbocycles. The van der Waals surface area contributed by atoms with E-state index in [9.17, 15) is 0 Å². The molecule has 0 saturated heterocycles. The molecule has 0 heterocycles. The lowest BCUT2D eigenvalue weighted by molar-refractivity contribution is 0.568. The van der Waals surface area contributed by atoms with Crippen LogP contribution >= 0.6 is 12.6 Å². The van der Waals surface area contributed by atoms with Crippen molar-refractivity contribution in [3.8, 4) is 0 Å². The van der Waals surface area contributed by atoms with Crippen LogP contribution in [0.1, 0.15) is 0 Å². The standard InChI is InChI=1S/C3H3OS/c4-2-1-3-5/h1H,3H2. The van der Waals surface area contributed by atoms with E-state index in [0.717, 1.165) is 0 Å². The summed E-state index contributed by atoms with van der Waals surface area (Å²) in [5.74, 6) is 1.92. The topological polar surface area (TPSA) is 17.1 Å². The summed E-state index contributed by atoms with van der Waals surface area (Å²) >= 11 is 4.33. The highest BCUT2D eigenvalue weighted by atomic mass is 32.1. The maximum atomic E-state index is 9.16. The van der Waals surface area contributed by atoms with Gasteiger partial charge in [-0.05, 0) is 0 Å². The van der Waals surface area contributed by atoms with Gasteiger partial charge in [-0.15, -0.1) is 0 Å². The fraction of sp³-hybridized carbons (Fsp3) is 0.333. The Hall–Kier alpha value is -0.200. The first-order chi connectivity index (χ1) is 2.41. The molecule has 0 aromatic heterocycles. The van der Waals surface area contributed by atoms with E-state index >= 15 is 0 Å². The van der Waals surface area contributed by atoms with Gasteiger partial charge >= 0.3 is 0 Å². The van der Waals surface area contributed by atoms with Crippen LogP contribution in [0.5, 0.6) is 0 Å². The summed E-state index contributed by atoms with van der Waals surface area (Å²) in [4.78, 5) is 9.16. The van der Waals surface area contributed by atoms with E-state index < -0.39 is 0 Å². The summed E-state index contributed by atoms with van der Waals surface area (Å²) in [6.45, 7) is 0. The zero-order valence-corrected chi connectivity index (χ0v) is 3.42. The van der Waals surface area contributed by atoms with Gasteiger partial charge in [0.2, 0.25) is 0 Å². The summed E-state index contributed by atoms with van der Waals surface area (Å²) in [6, 6.07) is 0. The van der Waals surface area contributed by atoms with E-state index in [1.54, 1.807) is 0 Å². The second-order valence-corrected chi connectivity index (χ2v) is 0.822. The highest BCUT2D eigenvalue weighted by molar-refractivity contribution is 7.80. The number of rotatable bonds is 1. The molecular weight excluding hydrogens is 84.1 g/mol. The highest BCUT2D eigenvalue weighted by Gasteiger charge is 1.55. The minimum absolute atomic E-state index is 0.378. The smallest absolute Gasteiger partial charge is 0.120 e. The van der Waals surface area contributed by atoms with E-state index in [1.807, 2.05) is 0 Å². The molecule has 0 spiro atoms. The van der Waals surface area contributed by atoms with Gasteiger partial charge in [-0.1, -0.05) is 12.6 Å². The third-order valence-electron chi connectivity index (χ3n) is 0.167. The third-order valence-corrected chi connectivity index (χ3v) is 0.333. The lowest BCUT2D eigenvalue weighted by atomic mass is 10.8. The van der Waals surface area contributed by atoms with Crippen LogP contribution in [0.15, 0.2) is 6.08 Å². The maximum Gasteiger partial charge on any atom is 0.120 e. The molecule has 5 heavy (non-hydrogen) atoms. The largest absolute Gasteiger partial charge is 0.234 e. The van der Waals surface area contributed by atoms with Crippen LogP contribution in [0.3, 0.4) is 0 Å². The number of carbonyl (C=O) groups excluding carboxylic acids is 1. The van der Waals surface area contributed by atoms with E-state index in [1.165, 1.54) is 12.0 Å². The average Bonchev–Trinajstić information content (AvgIpc) is 1.41. The van der Waals surface area contributed by atoms with Gasteiger partial charge in [0.25, 0.3) is 0 Å². The molecule has 0 N–H and O–H groups in total. The summed E-state index contributed by atoms with van der Waals surface area (Å²) in [5, 5.41) is 0. The molecule has 0 fully saturated rings. The van der Waals surface area contributed by atoms with Gasteiger partial charge in [0.1, 0.15) is 5.94 Å². The Morgan fingerprint density at radius 3 is 2.60 bits per heavy atom. The molecule has 2 heteroatoms. The Morgan fingerprint density at radius 1 is 2.00 bits per heavy atom. The van der Waals surface area contributed by atoms with Crippen LogP contribution < -0.4 is 0 Å². The van der Waals surface area contributed by atoms with Crippen molar-refractivity contribution in [3.63, 3.8) is 0 Å². The molecule has 0 aromatic rings. The Labute approximate surface area is 36.1 Å². The fourth-order valence-corrected chi connectivity index (χ4v) is 0.102. The zero-order valence-electron chi connectivity index (χ0n) is 2.60. The Morgan fingerprint density at radius 2 is 2.60 bits per heavy atom.